The third-order valence-corrected chi connectivity index (χ3v) is 4.40. The van der Waals surface area contributed by atoms with E-state index in [9.17, 15) is 4.79 Å². The number of nitrogens with zero attached hydrogens (tertiary/aromatic N) is 3. The Hall–Kier alpha value is -1.14. The van der Waals surface area contributed by atoms with E-state index >= 15 is 0 Å². The Bertz CT molecular complexity index is 502. The topological polar surface area (TPSA) is 85.8 Å². The monoisotopic (exact) mass is 329 g/mol. The summed E-state index contributed by atoms with van der Waals surface area (Å²) in [5.74, 6) is 2.51. The number of hydrogen-bond acceptors (Lipinski definition) is 4. The molecular weight excluding hydrogens is 302 g/mol. The van der Waals surface area contributed by atoms with Crippen LogP contribution in [0.1, 0.15) is 58.1 Å². The van der Waals surface area contributed by atoms with Gasteiger partial charge in [0.05, 0.1) is 6.04 Å². The highest BCUT2D eigenvalue weighted by Gasteiger charge is 2.27. The molecule has 0 radical (unpaired) electrons. The molecule has 1 aliphatic rings. The minimum atomic E-state index is -0.429. The van der Waals surface area contributed by atoms with E-state index < -0.39 is 6.04 Å². The largest absolute Gasteiger partial charge is 0.350 e. The summed E-state index contributed by atoms with van der Waals surface area (Å²) in [6.07, 6.45) is 2.66. The molecule has 3 atom stereocenters. The maximum absolute atomic E-state index is 12.2. The molecule has 1 amide bonds. The predicted molar refractivity (Wildman–Crippen MR) is 89.0 cm³/mol. The number of aryl methyl sites for hydroxylation is 1. The number of nitrogens with two attached hydrogens (primary N) is 1. The second-order valence-electron chi connectivity index (χ2n) is 6.40. The molecule has 2 rings (SSSR count). The first-order valence-electron chi connectivity index (χ1n) is 7.91. The predicted octanol–water partition coefficient (Wildman–Crippen LogP) is 1.63. The molecule has 6 nitrogen and oxygen atoms in total. The number of aromatic nitrogens is 3. The highest BCUT2D eigenvalue weighted by molar-refractivity contribution is 5.85. The van der Waals surface area contributed by atoms with Crippen LogP contribution in [-0.2, 0) is 17.8 Å². The van der Waals surface area contributed by atoms with Crippen molar-refractivity contribution in [2.45, 2.75) is 71.5 Å². The van der Waals surface area contributed by atoms with Crippen LogP contribution in [0, 0.1) is 5.92 Å². The first kappa shape index (κ1) is 18.9. The maximum atomic E-state index is 12.2. The van der Waals surface area contributed by atoms with Crippen molar-refractivity contribution in [1.82, 2.24) is 20.1 Å². The fourth-order valence-corrected chi connectivity index (χ4v) is 2.70. The molecule has 0 bridgehead atoms. The number of fused-ring (bicyclic) bond motifs is 1. The lowest BCUT2D eigenvalue weighted by Crippen LogP contribution is -2.50. The van der Waals surface area contributed by atoms with Gasteiger partial charge in [-0.2, -0.15) is 0 Å². The summed E-state index contributed by atoms with van der Waals surface area (Å²) in [5, 5.41) is 11.6. The lowest BCUT2D eigenvalue weighted by molar-refractivity contribution is -0.124. The van der Waals surface area contributed by atoms with Crippen molar-refractivity contribution in [2.75, 3.05) is 0 Å². The lowest BCUT2D eigenvalue weighted by atomic mass is 9.98. The van der Waals surface area contributed by atoms with Gasteiger partial charge in [-0.3, -0.25) is 4.79 Å². The molecule has 0 saturated heterocycles. The zero-order valence-corrected chi connectivity index (χ0v) is 14.7. The Labute approximate surface area is 138 Å². The van der Waals surface area contributed by atoms with Gasteiger partial charge >= 0.3 is 0 Å². The summed E-state index contributed by atoms with van der Waals surface area (Å²) in [4.78, 5) is 12.2. The van der Waals surface area contributed by atoms with Crippen molar-refractivity contribution in [3.63, 3.8) is 0 Å². The van der Waals surface area contributed by atoms with Crippen LogP contribution in [-0.4, -0.2) is 32.8 Å². The Morgan fingerprint density at radius 2 is 2.09 bits per heavy atom. The summed E-state index contributed by atoms with van der Waals surface area (Å²) < 4.78 is 2.15. The Balaban J connectivity index is 0.00000242. The summed E-state index contributed by atoms with van der Waals surface area (Å²) >= 11 is 0. The molecule has 1 aliphatic heterocycles. The van der Waals surface area contributed by atoms with E-state index in [1.54, 1.807) is 0 Å². The Morgan fingerprint density at radius 3 is 2.68 bits per heavy atom. The van der Waals surface area contributed by atoms with Gasteiger partial charge in [-0.25, -0.2) is 0 Å². The van der Waals surface area contributed by atoms with Gasteiger partial charge < -0.3 is 15.6 Å². The molecular formula is C15H28ClN5O. The van der Waals surface area contributed by atoms with Crippen LogP contribution in [0.25, 0.3) is 0 Å². The quantitative estimate of drug-likeness (QED) is 0.859. The van der Waals surface area contributed by atoms with E-state index in [1.807, 2.05) is 6.92 Å². The molecule has 7 heteroatoms. The molecule has 0 spiro atoms. The molecule has 0 fully saturated rings. The van der Waals surface area contributed by atoms with Gasteiger partial charge in [0, 0.05) is 24.9 Å². The van der Waals surface area contributed by atoms with Crippen LogP contribution in [0.15, 0.2) is 0 Å². The van der Waals surface area contributed by atoms with Crippen molar-refractivity contribution in [1.29, 1.82) is 0 Å². The van der Waals surface area contributed by atoms with Crippen LogP contribution < -0.4 is 11.1 Å². The van der Waals surface area contributed by atoms with Crippen LogP contribution in [0.2, 0.25) is 0 Å². The standard InChI is InChI=1S/C15H27N5O.ClH/c1-5-10(4)13(16)15(21)17-11-6-7-12-18-19-14(9(2)3)20(12)8-11;/h9-11,13H,5-8,16H2,1-4H3,(H,17,21);1H. The summed E-state index contributed by atoms with van der Waals surface area (Å²) in [7, 11) is 0. The minimum Gasteiger partial charge on any atom is -0.350 e. The Kier molecular flexibility index (Phi) is 6.81. The molecule has 1 aromatic heterocycles. The van der Waals surface area contributed by atoms with Gasteiger partial charge in [0.2, 0.25) is 5.91 Å². The van der Waals surface area contributed by atoms with Gasteiger partial charge in [-0.05, 0) is 12.3 Å². The number of hydrogen-bond donors (Lipinski definition) is 2. The number of carbonyl (C=O) groups is 1. The highest BCUT2D eigenvalue weighted by Crippen LogP contribution is 2.20. The average molecular weight is 330 g/mol. The van der Waals surface area contributed by atoms with Crippen molar-refractivity contribution in [3.8, 4) is 0 Å². The van der Waals surface area contributed by atoms with E-state index in [4.69, 9.17) is 5.73 Å². The van der Waals surface area contributed by atoms with Crippen molar-refractivity contribution >= 4 is 18.3 Å². The number of carbonyl (C=O) groups excluding carboxylic acids is 1. The smallest absolute Gasteiger partial charge is 0.237 e. The van der Waals surface area contributed by atoms with Gasteiger partial charge in [0.1, 0.15) is 11.6 Å². The van der Waals surface area contributed by atoms with Crippen molar-refractivity contribution in [3.05, 3.63) is 11.6 Å². The molecule has 3 N–H and O–H groups in total. The zero-order chi connectivity index (χ0) is 15.6. The first-order valence-corrected chi connectivity index (χ1v) is 7.91. The summed E-state index contributed by atoms with van der Waals surface area (Å²) in [6.45, 7) is 9.03. The summed E-state index contributed by atoms with van der Waals surface area (Å²) in [5.41, 5.74) is 6.00. The fourth-order valence-electron chi connectivity index (χ4n) is 2.70. The molecule has 3 unspecified atom stereocenters. The zero-order valence-electron chi connectivity index (χ0n) is 13.9. The molecule has 1 aromatic rings. The SMILES string of the molecule is CCC(C)C(N)C(=O)NC1CCc2nnc(C(C)C)n2C1.Cl. The van der Waals surface area contributed by atoms with Crippen LogP contribution in [0.3, 0.4) is 0 Å². The van der Waals surface area contributed by atoms with E-state index in [0.29, 0.717) is 5.92 Å². The van der Waals surface area contributed by atoms with Crippen molar-refractivity contribution in [2.24, 2.45) is 11.7 Å². The third kappa shape index (κ3) is 3.98. The van der Waals surface area contributed by atoms with Crippen LogP contribution >= 0.6 is 12.4 Å². The maximum Gasteiger partial charge on any atom is 0.237 e. The normalized spacial score (nSPS) is 20.0. The van der Waals surface area contributed by atoms with Crippen molar-refractivity contribution < 1.29 is 4.79 Å². The van der Waals surface area contributed by atoms with Crippen LogP contribution in [0.4, 0.5) is 0 Å². The Morgan fingerprint density at radius 1 is 1.41 bits per heavy atom. The minimum absolute atomic E-state index is 0. The van der Waals surface area contributed by atoms with E-state index in [2.05, 4.69) is 40.9 Å². The molecule has 2 heterocycles. The second kappa shape index (κ2) is 7.92. The van der Waals surface area contributed by atoms with Gasteiger partial charge in [-0.15, -0.1) is 22.6 Å². The van der Waals surface area contributed by atoms with E-state index in [1.165, 1.54) is 0 Å². The van der Waals surface area contributed by atoms with Gasteiger partial charge in [0.15, 0.2) is 0 Å². The molecule has 0 aromatic carbocycles. The number of amides is 1. The lowest BCUT2D eigenvalue weighted by Gasteiger charge is -2.28. The molecule has 22 heavy (non-hydrogen) atoms. The van der Waals surface area contributed by atoms with Gasteiger partial charge in [-0.1, -0.05) is 34.1 Å². The van der Waals surface area contributed by atoms with E-state index in [-0.39, 0.29) is 30.3 Å². The summed E-state index contributed by atoms with van der Waals surface area (Å²) in [6, 6.07) is -0.310. The number of nitrogens with one attached hydrogen (secondary N) is 1. The highest BCUT2D eigenvalue weighted by atomic mass is 35.5. The fraction of sp³-hybridized carbons (Fsp3) is 0.800. The number of rotatable bonds is 5. The number of halogens is 1. The van der Waals surface area contributed by atoms with Crippen LogP contribution in [0.5, 0.6) is 0 Å². The van der Waals surface area contributed by atoms with E-state index in [0.717, 1.165) is 37.5 Å². The third-order valence-electron chi connectivity index (χ3n) is 4.40. The molecule has 126 valence electrons. The molecule has 0 saturated carbocycles. The molecule has 0 aliphatic carbocycles. The second-order valence-corrected chi connectivity index (χ2v) is 6.40. The first-order chi connectivity index (χ1) is 9.93. The average Bonchev–Trinajstić information content (AvgIpc) is 2.88. The van der Waals surface area contributed by atoms with Gasteiger partial charge in [0.25, 0.3) is 0 Å².